The van der Waals surface area contributed by atoms with Crippen LogP contribution in [0.1, 0.15) is 85.5 Å². The first kappa shape index (κ1) is 24.3. The molecule has 152 valence electrons. The van der Waals surface area contributed by atoms with Crippen LogP contribution < -0.4 is 0 Å². The number of thiocarbonyl (C=S) groups is 1. The van der Waals surface area contributed by atoms with E-state index in [1.54, 1.807) is 0 Å². The van der Waals surface area contributed by atoms with Crippen molar-refractivity contribution < 1.29 is 4.74 Å². The number of likely N-dealkylation sites (tertiary alicyclic amines) is 1. The number of allylic oxidation sites excluding steroid dienone is 1. The molecule has 0 radical (unpaired) electrons. The van der Waals surface area contributed by atoms with Crippen molar-refractivity contribution in [1.29, 1.82) is 0 Å². The molecule has 1 saturated heterocycles. The fourth-order valence-corrected chi connectivity index (χ4v) is 20.8. The molecule has 0 aromatic carbocycles. The quantitative estimate of drug-likeness (QED) is 0.156. The molecule has 0 aromatic rings. The summed E-state index contributed by atoms with van der Waals surface area (Å²) in [5, 5.41) is 0.791. The van der Waals surface area contributed by atoms with E-state index in [0.717, 1.165) is 24.7 Å². The van der Waals surface area contributed by atoms with Crippen LogP contribution in [0.5, 0.6) is 0 Å². The van der Waals surface area contributed by atoms with Crippen molar-refractivity contribution in [3.8, 4) is 0 Å². The first-order chi connectivity index (χ1) is 12.6. The van der Waals surface area contributed by atoms with Gasteiger partial charge in [-0.25, -0.2) is 0 Å². The Hall–Kier alpha value is 0.229. The van der Waals surface area contributed by atoms with Crippen molar-refractivity contribution in [1.82, 2.24) is 4.90 Å². The predicted octanol–water partition coefficient (Wildman–Crippen LogP) is 7.11. The SMILES string of the molecule is CC/C=C/[CH](OC(=S)N1CCCC1)[Sn]([CH2]CCC)([CH2]CCC)[CH2]CCC. The third kappa shape index (κ3) is 8.08. The van der Waals surface area contributed by atoms with Crippen LogP contribution in [0, 0.1) is 0 Å². The summed E-state index contributed by atoms with van der Waals surface area (Å²) in [6, 6.07) is 0. The second-order valence-electron chi connectivity index (χ2n) is 8.01. The fraction of sp³-hybridized carbons (Fsp3) is 0.864. The van der Waals surface area contributed by atoms with Gasteiger partial charge in [-0.2, -0.15) is 0 Å². The molecule has 26 heavy (non-hydrogen) atoms. The van der Waals surface area contributed by atoms with E-state index in [0.29, 0.717) is 4.12 Å². The molecule has 1 rings (SSSR count). The maximum absolute atomic E-state index is 6.66. The van der Waals surface area contributed by atoms with Crippen molar-refractivity contribution in [2.75, 3.05) is 13.1 Å². The minimum absolute atomic E-state index is 0.335. The van der Waals surface area contributed by atoms with Gasteiger partial charge in [-0.1, -0.05) is 0 Å². The molecular weight excluding hydrogens is 445 g/mol. The molecule has 0 bridgehead atoms. The molecule has 2 nitrogen and oxygen atoms in total. The third-order valence-electron chi connectivity index (χ3n) is 5.83. The fourth-order valence-electron chi connectivity index (χ4n) is 4.10. The van der Waals surface area contributed by atoms with Gasteiger partial charge in [-0.15, -0.1) is 0 Å². The van der Waals surface area contributed by atoms with Gasteiger partial charge < -0.3 is 0 Å². The Balaban J connectivity index is 3.04. The number of hydrogen-bond acceptors (Lipinski definition) is 2. The van der Waals surface area contributed by atoms with E-state index in [4.69, 9.17) is 17.0 Å². The van der Waals surface area contributed by atoms with Gasteiger partial charge in [0.1, 0.15) is 0 Å². The zero-order valence-electron chi connectivity index (χ0n) is 17.9. The van der Waals surface area contributed by atoms with E-state index >= 15 is 0 Å². The van der Waals surface area contributed by atoms with E-state index < -0.39 is 18.4 Å². The molecule has 1 fully saturated rings. The third-order valence-corrected chi connectivity index (χ3v) is 22.1. The van der Waals surface area contributed by atoms with Crippen LogP contribution >= 0.6 is 12.2 Å². The Bertz CT molecular complexity index is 385. The molecule has 0 spiro atoms. The Labute approximate surface area is 173 Å². The van der Waals surface area contributed by atoms with Crippen LogP contribution in [0.2, 0.25) is 13.3 Å². The van der Waals surface area contributed by atoms with Gasteiger partial charge in [-0.3, -0.25) is 0 Å². The van der Waals surface area contributed by atoms with Crippen LogP contribution in [-0.2, 0) is 4.74 Å². The molecule has 0 N–H and O–H groups in total. The van der Waals surface area contributed by atoms with Crippen LogP contribution in [0.3, 0.4) is 0 Å². The van der Waals surface area contributed by atoms with Crippen molar-refractivity contribution in [2.24, 2.45) is 0 Å². The van der Waals surface area contributed by atoms with E-state index in [1.807, 2.05) is 0 Å². The molecule has 1 aliphatic heterocycles. The van der Waals surface area contributed by atoms with Crippen LogP contribution in [0.25, 0.3) is 0 Å². The van der Waals surface area contributed by atoms with Crippen LogP contribution in [0.4, 0.5) is 0 Å². The minimum atomic E-state index is -2.48. The first-order valence-electron chi connectivity index (χ1n) is 11.3. The normalized spacial score (nSPS) is 16.4. The zero-order valence-corrected chi connectivity index (χ0v) is 21.6. The number of nitrogens with zero attached hydrogens (tertiary/aromatic N) is 1. The van der Waals surface area contributed by atoms with E-state index in [-0.39, 0.29) is 0 Å². The van der Waals surface area contributed by atoms with Gasteiger partial charge in [0.05, 0.1) is 0 Å². The van der Waals surface area contributed by atoms with Crippen LogP contribution in [-0.4, -0.2) is 45.7 Å². The Morgan fingerprint density at radius 2 is 1.46 bits per heavy atom. The Kier molecular flexibility index (Phi) is 13.3. The summed E-state index contributed by atoms with van der Waals surface area (Å²) >= 11 is 3.27. The van der Waals surface area contributed by atoms with E-state index in [1.165, 1.54) is 64.7 Å². The summed E-state index contributed by atoms with van der Waals surface area (Å²) in [6.07, 6.45) is 16.4. The summed E-state index contributed by atoms with van der Waals surface area (Å²) in [5.41, 5.74) is 0. The Morgan fingerprint density at radius 1 is 0.962 bits per heavy atom. The number of hydrogen-bond donors (Lipinski definition) is 0. The standard InChI is InChI=1S/C10H16NOS.3C4H9.Sn/c1-2-3-6-9-12-10(13)11-7-4-5-8-11;3*1-3-4-2;/h3,6,9H,2,4-5,7-8H2,1H3;3*1,3-4H2,2H3;/b6-3+;;;;. The van der Waals surface area contributed by atoms with Crippen LogP contribution in [0.15, 0.2) is 12.2 Å². The summed E-state index contributed by atoms with van der Waals surface area (Å²) in [6.45, 7) is 11.4. The molecule has 1 heterocycles. The van der Waals surface area contributed by atoms with Gasteiger partial charge >= 0.3 is 174 Å². The second kappa shape index (κ2) is 14.3. The molecule has 0 saturated carbocycles. The van der Waals surface area contributed by atoms with Crippen molar-refractivity contribution in [2.45, 2.75) is 103 Å². The van der Waals surface area contributed by atoms with Crippen molar-refractivity contribution in [3.63, 3.8) is 0 Å². The molecule has 4 heteroatoms. The van der Waals surface area contributed by atoms with Crippen molar-refractivity contribution in [3.05, 3.63) is 12.2 Å². The molecule has 0 amide bonds. The Morgan fingerprint density at radius 3 is 1.88 bits per heavy atom. The summed E-state index contributed by atoms with van der Waals surface area (Å²) in [7, 11) is 0. The van der Waals surface area contributed by atoms with Gasteiger partial charge in [0.25, 0.3) is 0 Å². The first-order valence-corrected chi connectivity index (χ1v) is 19.4. The second-order valence-corrected chi connectivity index (χ2v) is 22.0. The molecule has 0 aliphatic carbocycles. The van der Waals surface area contributed by atoms with Gasteiger partial charge in [0.2, 0.25) is 0 Å². The van der Waals surface area contributed by atoms with E-state index in [2.05, 4.69) is 44.7 Å². The van der Waals surface area contributed by atoms with Gasteiger partial charge in [-0.05, 0) is 0 Å². The molecule has 1 atom stereocenters. The number of unbranched alkanes of at least 4 members (excludes halogenated alkanes) is 3. The summed E-state index contributed by atoms with van der Waals surface area (Å²) in [5.74, 6) is 0. The van der Waals surface area contributed by atoms with Gasteiger partial charge in [0, 0.05) is 0 Å². The summed E-state index contributed by atoms with van der Waals surface area (Å²) in [4.78, 5) is 2.30. The average molecular weight is 488 g/mol. The number of rotatable bonds is 13. The molecular formula is C22H43NOSSn. The van der Waals surface area contributed by atoms with Crippen molar-refractivity contribution >= 4 is 35.8 Å². The zero-order chi connectivity index (χ0) is 19.3. The van der Waals surface area contributed by atoms with Gasteiger partial charge in [0.15, 0.2) is 0 Å². The van der Waals surface area contributed by atoms with E-state index in [9.17, 15) is 0 Å². The molecule has 0 aromatic heterocycles. The maximum atomic E-state index is 6.66. The average Bonchev–Trinajstić information content (AvgIpc) is 3.20. The monoisotopic (exact) mass is 489 g/mol. The number of ether oxygens (including phenoxy) is 1. The molecule has 1 unspecified atom stereocenters. The summed E-state index contributed by atoms with van der Waals surface area (Å²) < 4.78 is 11.4. The molecule has 1 aliphatic rings. The predicted molar refractivity (Wildman–Crippen MR) is 123 cm³/mol. The topological polar surface area (TPSA) is 12.5 Å².